The van der Waals surface area contributed by atoms with Crippen molar-refractivity contribution in [1.29, 1.82) is 0 Å². The van der Waals surface area contributed by atoms with Crippen LogP contribution in [0.4, 0.5) is 0 Å². The van der Waals surface area contributed by atoms with Gasteiger partial charge >= 0.3 is 5.97 Å². The highest BCUT2D eigenvalue weighted by Crippen LogP contribution is 2.23. The van der Waals surface area contributed by atoms with E-state index in [0.717, 1.165) is 11.1 Å². The summed E-state index contributed by atoms with van der Waals surface area (Å²) in [6, 6.07) is 9.34. The number of methoxy groups -OCH3 is 1. The molecule has 3 nitrogen and oxygen atoms in total. The lowest BCUT2D eigenvalue weighted by atomic mass is 9.98. The predicted octanol–water partition coefficient (Wildman–Crippen LogP) is 4.07. The first kappa shape index (κ1) is 17.2. The summed E-state index contributed by atoms with van der Waals surface area (Å²) in [6.45, 7) is 9.63. The molecular weight excluding hydrogens is 264 g/mol. The number of allylic oxidation sites excluding steroid dienone is 1. The van der Waals surface area contributed by atoms with Gasteiger partial charge in [0.1, 0.15) is 6.10 Å². The molecule has 3 heteroatoms. The first-order valence-corrected chi connectivity index (χ1v) is 7.08. The molecule has 3 atom stereocenters. The molecule has 0 fully saturated rings. The fourth-order valence-electron chi connectivity index (χ4n) is 2.09. The molecule has 0 aliphatic rings. The highest BCUT2D eigenvalue weighted by molar-refractivity contribution is 5.77. The zero-order valence-electron chi connectivity index (χ0n) is 13.2. The van der Waals surface area contributed by atoms with Gasteiger partial charge in [-0.05, 0) is 25.0 Å². The Labute approximate surface area is 127 Å². The largest absolute Gasteiger partial charge is 0.455 e. The van der Waals surface area contributed by atoms with E-state index in [2.05, 4.69) is 6.58 Å². The van der Waals surface area contributed by atoms with Crippen LogP contribution in [0.3, 0.4) is 0 Å². The molecular formula is C18H24O3. The lowest BCUT2D eigenvalue weighted by Crippen LogP contribution is -2.29. The summed E-state index contributed by atoms with van der Waals surface area (Å²) in [5.41, 5.74) is 1.78. The van der Waals surface area contributed by atoms with E-state index < -0.39 is 6.10 Å². The van der Waals surface area contributed by atoms with Gasteiger partial charge in [-0.15, -0.1) is 6.58 Å². The van der Waals surface area contributed by atoms with Gasteiger partial charge in [-0.1, -0.05) is 49.4 Å². The summed E-state index contributed by atoms with van der Waals surface area (Å²) in [5.74, 6) is -0.345. The fourth-order valence-corrected chi connectivity index (χ4v) is 2.09. The van der Waals surface area contributed by atoms with Gasteiger partial charge in [-0.3, -0.25) is 0 Å². The molecule has 0 radical (unpaired) electrons. The first-order valence-electron chi connectivity index (χ1n) is 7.08. The van der Waals surface area contributed by atoms with Crippen molar-refractivity contribution in [2.75, 3.05) is 7.11 Å². The Hall–Kier alpha value is -1.87. The fraction of sp³-hybridized carbons (Fsp3) is 0.389. The Morgan fingerprint density at radius 3 is 2.38 bits per heavy atom. The number of ether oxygens (including phenoxy) is 2. The van der Waals surface area contributed by atoms with Crippen LogP contribution >= 0.6 is 0 Å². The van der Waals surface area contributed by atoms with Gasteiger partial charge in [0.15, 0.2) is 6.10 Å². The van der Waals surface area contributed by atoms with Gasteiger partial charge in [0.25, 0.3) is 0 Å². The Balaban J connectivity index is 2.92. The van der Waals surface area contributed by atoms with Crippen molar-refractivity contribution in [1.82, 2.24) is 0 Å². The van der Waals surface area contributed by atoms with Crippen LogP contribution in [0.15, 0.2) is 54.6 Å². The molecule has 21 heavy (non-hydrogen) atoms. The van der Waals surface area contributed by atoms with Crippen LogP contribution in [0.1, 0.15) is 32.4 Å². The van der Waals surface area contributed by atoms with E-state index in [4.69, 9.17) is 9.47 Å². The van der Waals surface area contributed by atoms with E-state index in [1.807, 2.05) is 57.2 Å². The molecule has 0 N–H and O–H groups in total. The van der Waals surface area contributed by atoms with Crippen molar-refractivity contribution in [2.24, 2.45) is 5.92 Å². The second-order valence-electron chi connectivity index (χ2n) is 5.01. The lowest BCUT2D eigenvalue weighted by Gasteiger charge is -2.25. The van der Waals surface area contributed by atoms with Crippen molar-refractivity contribution in [3.63, 3.8) is 0 Å². The minimum atomic E-state index is -0.713. The third-order valence-electron chi connectivity index (χ3n) is 3.55. The third kappa shape index (κ3) is 4.57. The highest BCUT2D eigenvalue weighted by atomic mass is 16.6. The normalized spacial score (nSPS) is 15.9. The number of benzene rings is 1. The summed E-state index contributed by atoms with van der Waals surface area (Å²) < 4.78 is 11.0. The summed E-state index contributed by atoms with van der Waals surface area (Å²) in [4.78, 5) is 12.4. The quantitative estimate of drug-likeness (QED) is 0.560. The second kappa shape index (κ2) is 8.42. The molecule has 0 aliphatic heterocycles. The average Bonchev–Trinajstić information content (AvgIpc) is 2.52. The lowest BCUT2D eigenvalue weighted by molar-refractivity contribution is -0.161. The molecule has 0 aromatic heterocycles. The Kier molecular flexibility index (Phi) is 6.89. The van der Waals surface area contributed by atoms with Crippen LogP contribution in [0.5, 0.6) is 0 Å². The smallest absolute Gasteiger partial charge is 0.340 e. The van der Waals surface area contributed by atoms with Gasteiger partial charge in [-0.2, -0.15) is 0 Å². The summed E-state index contributed by atoms with van der Waals surface area (Å²) in [6.07, 6.45) is 2.70. The van der Waals surface area contributed by atoms with E-state index in [1.165, 1.54) is 7.11 Å². The maximum absolute atomic E-state index is 12.4. The molecule has 0 spiro atoms. The Morgan fingerprint density at radius 1 is 1.29 bits per heavy atom. The molecule has 1 aromatic carbocycles. The van der Waals surface area contributed by atoms with Gasteiger partial charge in [0.05, 0.1) is 0 Å². The molecule has 0 bridgehead atoms. The number of carbonyl (C=O) groups is 1. The monoisotopic (exact) mass is 288 g/mol. The van der Waals surface area contributed by atoms with Gasteiger partial charge < -0.3 is 9.47 Å². The minimum absolute atomic E-state index is 0.0402. The molecule has 114 valence electrons. The third-order valence-corrected chi connectivity index (χ3v) is 3.55. The number of carbonyl (C=O) groups excluding carboxylic acids is 1. The topological polar surface area (TPSA) is 35.5 Å². The minimum Gasteiger partial charge on any atom is -0.455 e. The SMILES string of the molecule is C=C[C@H](C)[C@H](OC(=O)[C@H](OC)c1ccccc1)/C(C)=C/C. The molecule has 0 saturated carbocycles. The van der Waals surface area contributed by atoms with E-state index in [9.17, 15) is 4.79 Å². The zero-order valence-corrected chi connectivity index (χ0v) is 13.2. The molecule has 1 rings (SSSR count). The average molecular weight is 288 g/mol. The van der Waals surface area contributed by atoms with Gasteiger partial charge in [-0.25, -0.2) is 4.79 Å². The van der Waals surface area contributed by atoms with Crippen molar-refractivity contribution < 1.29 is 14.3 Å². The number of esters is 1. The van der Waals surface area contributed by atoms with Crippen LogP contribution < -0.4 is 0 Å². The molecule has 0 saturated heterocycles. The Bertz CT molecular complexity index is 490. The number of hydrogen-bond donors (Lipinski definition) is 0. The van der Waals surface area contributed by atoms with Crippen molar-refractivity contribution in [3.8, 4) is 0 Å². The molecule has 1 aromatic rings. The molecule has 0 aliphatic carbocycles. The van der Waals surface area contributed by atoms with E-state index in [-0.39, 0.29) is 18.0 Å². The Morgan fingerprint density at radius 2 is 1.90 bits per heavy atom. The van der Waals surface area contributed by atoms with Crippen molar-refractivity contribution in [3.05, 3.63) is 60.2 Å². The van der Waals surface area contributed by atoms with Crippen LogP contribution in [-0.2, 0) is 14.3 Å². The van der Waals surface area contributed by atoms with Crippen LogP contribution in [0.25, 0.3) is 0 Å². The van der Waals surface area contributed by atoms with Crippen molar-refractivity contribution >= 4 is 5.97 Å². The molecule has 0 amide bonds. The molecule has 0 heterocycles. The number of rotatable bonds is 7. The van der Waals surface area contributed by atoms with Crippen molar-refractivity contribution in [2.45, 2.75) is 33.0 Å². The predicted molar refractivity (Wildman–Crippen MR) is 84.9 cm³/mol. The number of hydrogen-bond acceptors (Lipinski definition) is 3. The van der Waals surface area contributed by atoms with E-state index in [1.54, 1.807) is 6.08 Å². The molecule has 0 unspecified atom stereocenters. The zero-order chi connectivity index (χ0) is 15.8. The summed E-state index contributed by atoms with van der Waals surface area (Å²) >= 11 is 0. The standard InChI is InChI=1S/C18H24O3/c1-6-13(3)16(14(4)7-2)21-18(19)17(20-5)15-11-9-8-10-12-15/h6-13,16-17H,1H2,2-5H3/b14-7+/t13-,16-,17+/m0/s1. The van der Waals surface area contributed by atoms with Crippen LogP contribution in [0, 0.1) is 5.92 Å². The van der Waals surface area contributed by atoms with Crippen LogP contribution in [0.2, 0.25) is 0 Å². The van der Waals surface area contributed by atoms with E-state index in [0.29, 0.717) is 0 Å². The van der Waals surface area contributed by atoms with E-state index >= 15 is 0 Å². The van der Waals surface area contributed by atoms with Crippen LogP contribution in [-0.4, -0.2) is 19.2 Å². The summed E-state index contributed by atoms with van der Waals surface area (Å²) in [5, 5.41) is 0. The summed E-state index contributed by atoms with van der Waals surface area (Å²) in [7, 11) is 1.51. The second-order valence-corrected chi connectivity index (χ2v) is 5.01. The maximum Gasteiger partial charge on any atom is 0.340 e. The van der Waals surface area contributed by atoms with Gasteiger partial charge in [0, 0.05) is 13.0 Å². The first-order chi connectivity index (χ1) is 10.0. The highest BCUT2D eigenvalue weighted by Gasteiger charge is 2.27. The van der Waals surface area contributed by atoms with Gasteiger partial charge in [0.2, 0.25) is 0 Å². The maximum atomic E-state index is 12.4.